The molecule has 2 aromatic carbocycles. The third-order valence-corrected chi connectivity index (χ3v) is 7.76. The minimum Gasteiger partial charge on any atom is -0.447 e. The number of hydrogen-bond acceptors (Lipinski definition) is 9. The molecular weight excluding hydrogens is 589 g/mol. The predicted octanol–water partition coefficient (Wildman–Crippen LogP) is 5.22. The van der Waals surface area contributed by atoms with Crippen LogP contribution in [0.15, 0.2) is 54.7 Å². The van der Waals surface area contributed by atoms with E-state index < -0.39 is 50.3 Å². The van der Waals surface area contributed by atoms with Crippen molar-refractivity contribution in [3.63, 3.8) is 0 Å². The topological polar surface area (TPSA) is 149 Å². The molecule has 3 amide bonds. The number of aromatic nitrogens is 1. The van der Waals surface area contributed by atoms with Crippen LogP contribution < -0.4 is 10.6 Å². The first kappa shape index (κ1) is 33.8. The Morgan fingerprint density at radius 3 is 2.42 bits per heavy atom. The molecule has 3 rings (SSSR count). The number of carbonyl (C=O) groups excluding carboxylic acids is 2. The molecule has 0 aliphatic rings. The number of likely N-dealkylation sites (N-methyl/N-ethyl adjacent to an activating group) is 1. The molecule has 0 saturated heterocycles. The first-order valence-electron chi connectivity index (χ1n) is 13.5. The van der Waals surface area contributed by atoms with E-state index in [0.717, 1.165) is 21.7 Å². The average Bonchev–Trinajstić information content (AvgIpc) is 2.98. The molecule has 15 heteroatoms. The van der Waals surface area contributed by atoms with Gasteiger partial charge in [0.25, 0.3) is 0 Å². The van der Waals surface area contributed by atoms with Crippen LogP contribution in [-0.4, -0.2) is 72.7 Å². The lowest BCUT2D eigenvalue weighted by molar-refractivity contribution is 0.0353. The third kappa shape index (κ3) is 10.2. The normalized spacial score (nSPS) is 12.9. The molecule has 0 unspecified atom stereocenters. The lowest BCUT2D eigenvalue weighted by atomic mass is 10.1. The van der Waals surface area contributed by atoms with Crippen molar-refractivity contribution in [2.45, 2.75) is 39.0 Å². The van der Waals surface area contributed by atoms with E-state index in [-0.39, 0.29) is 44.2 Å². The molecule has 234 valence electrons. The second-order valence-electron chi connectivity index (χ2n) is 9.24. The Kier molecular flexibility index (Phi) is 12.8. The fraction of sp³-hybridized carbons (Fsp3) is 0.393. The number of phosphoric acid groups is 1. The standard InChI is InChI=1S/C28H35F2N4O8P/c1-4-40-43(38,41-5-2)42-18-23(35)14-22(34(3)27(36)32-16-21-11-8-12-24(29)26(21)30)17-39-28(37)33-25-13-19-9-6-7-10-20(19)15-31-25/h6-13,15,22-23,35H,4-5,14,16-18H2,1-3H3,(H,32,36)(H,31,33,37)/t22-,23-/m1/s1. The van der Waals surface area contributed by atoms with Gasteiger partial charge in [0.15, 0.2) is 11.6 Å². The van der Waals surface area contributed by atoms with Gasteiger partial charge in [-0.15, -0.1) is 0 Å². The number of nitrogens with one attached hydrogen (secondary N) is 2. The number of phosphoric ester groups is 1. The molecule has 1 aromatic heterocycles. The van der Waals surface area contributed by atoms with Crippen molar-refractivity contribution in [3.05, 3.63) is 71.9 Å². The molecule has 1 heterocycles. The van der Waals surface area contributed by atoms with Gasteiger partial charge >= 0.3 is 19.9 Å². The number of anilines is 1. The van der Waals surface area contributed by atoms with Crippen LogP contribution in [0.2, 0.25) is 0 Å². The zero-order valence-electron chi connectivity index (χ0n) is 24.0. The van der Waals surface area contributed by atoms with Crippen molar-refractivity contribution in [2.24, 2.45) is 0 Å². The number of halogens is 2. The molecule has 0 aliphatic carbocycles. The van der Waals surface area contributed by atoms with Crippen molar-refractivity contribution in [1.29, 1.82) is 0 Å². The van der Waals surface area contributed by atoms with Crippen LogP contribution in [0.1, 0.15) is 25.8 Å². The molecule has 0 bridgehead atoms. The summed E-state index contributed by atoms with van der Waals surface area (Å²) in [6.07, 6.45) is -0.777. The second-order valence-corrected chi connectivity index (χ2v) is 10.9. The highest BCUT2D eigenvalue weighted by Gasteiger charge is 2.30. The molecule has 0 spiro atoms. The molecule has 0 saturated carbocycles. The smallest absolute Gasteiger partial charge is 0.447 e. The molecule has 43 heavy (non-hydrogen) atoms. The molecule has 0 fully saturated rings. The predicted molar refractivity (Wildman–Crippen MR) is 154 cm³/mol. The quantitative estimate of drug-likeness (QED) is 0.194. The number of ether oxygens (including phenoxy) is 1. The Bertz CT molecular complexity index is 1420. The molecule has 0 aliphatic heterocycles. The Morgan fingerprint density at radius 2 is 1.72 bits per heavy atom. The van der Waals surface area contributed by atoms with Crippen LogP contribution in [0.5, 0.6) is 0 Å². The summed E-state index contributed by atoms with van der Waals surface area (Å²) in [6.45, 7) is 2.08. The fourth-order valence-corrected chi connectivity index (χ4v) is 5.15. The number of aliphatic hydroxyl groups excluding tert-OH is 1. The lowest BCUT2D eigenvalue weighted by Crippen LogP contribution is -2.47. The fourth-order valence-electron chi connectivity index (χ4n) is 3.94. The lowest BCUT2D eigenvalue weighted by Gasteiger charge is -2.30. The molecule has 2 atom stereocenters. The monoisotopic (exact) mass is 624 g/mol. The SMILES string of the molecule is CCOP(=O)(OCC)OC[C@H](O)C[C@H](COC(=O)Nc1cc2ccccc2cn1)N(C)C(=O)NCc1cccc(F)c1F. The summed E-state index contributed by atoms with van der Waals surface area (Å²) >= 11 is 0. The average molecular weight is 625 g/mol. The zero-order chi connectivity index (χ0) is 31.4. The van der Waals surface area contributed by atoms with Crippen LogP contribution in [-0.2, 0) is 29.4 Å². The number of benzene rings is 2. The van der Waals surface area contributed by atoms with Crippen LogP contribution in [0.3, 0.4) is 0 Å². The summed E-state index contributed by atoms with van der Waals surface area (Å²) < 4.78 is 60.9. The summed E-state index contributed by atoms with van der Waals surface area (Å²) in [5.41, 5.74) is -0.0761. The summed E-state index contributed by atoms with van der Waals surface area (Å²) in [5.74, 6) is -1.91. The van der Waals surface area contributed by atoms with E-state index in [1.54, 1.807) is 26.1 Å². The zero-order valence-corrected chi connectivity index (χ0v) is 24.9. The van der Waals surface area contributed by atoms with Gasteiger partial charge in [-0.2, -0.15) is 0 Å². The van der Waals surface area contributed by atoms with Gasteiger partial charge in [-0.25, -0.2) is 27.9 Å². The Morgan fingerprint density at radius 1 is 1.02 bits per heavy atom. The van der Waals surface area contributed by atoms with E-state index in [4.69, 9.17) is 18.3 Å². The number of pyridine rings is 1. The number of fused-ring (bicyclic) bond motifs is 1. The number of rotatable bonds is 15. The molecule has 12 nitrogen and oxygen atoms in total. The van der Waals surface area contributed by atoms with Crippen LogP contribution in [0.25, 0.3) is 10.8 Å². The minimum atomic E-state index is -3.92. The van der Waals surface area contributed by atoms with Crippen molar-refractivity contribution < 1.29 is 46.3 Å². The van der Waals surface area contributed by atoms with Gasteiger partial charge in [-0.3, -0.25) is 18.9 Å². The largest absolute Gasteiger partial charge is 0.474 e. The molecule has 3 aromatic rings. The van der Waals surface area contributed by atoms with Gasteiger partial charge < -0.3 is 20.1 Å². The number of urea groups is 1. The van der Waals surface area contributed by atoms with E-state index in [9.17, 15) is 28.0 Å². The maximum absolute atomic E-state index is 14.0. The van der Waals surface area contributed by atoms with Crippen molar-refractivity contribution in [3.8, 4) is 0 Å². The van der Waals surface area contributed by atoms with Gasteiger partial charge in [0.1, 0.15) is 12.4 Å². The molecule has 3 N–H and O–H groups in total. The van der Waals surface area contributed by atoms with Crippen LogP contribution in [0, 0.1) is 11.6 Å². The number of nitrogens with zero attached hydrogens (tertiary/aromatic N) is 2. The number of hydrogen-bond donors (Lipinski definition) is 3. The van der Waals surface area contributed by atoms with Crippen molar-refractivity contribution >= 4 is 36.5 Å². The summed E-state index contributed by atoms with van der Waals surface area (Å²) in [4.78, 5) is 30.8. The Labute approximate surface area is 247 Å². The maximum atomic E-state index is 14.0. The minimum absolute atomic E-state index is 0.0415. The molecule has 0 radical (unpaired) electrons. The molecular formula is C28H35F2N4O8P. The van der Waals surface area contributed by atoms with Gasteiger partial charge in [0, 0.05) is 30.7 Å². The summed E-state index contributed by atoms with van der Waals surface area (Å²) in [5, 5.41) is 17.4. The van der Waals surface area contributed by atoms with Gasteiger partial charge in [0.2, 0.25) is 0 Å². The van der Waals surface area contributed by atoms with Crippen LogP contribution in [0.4, 0.5) is 24.2 Å². The second kappa shape index (κ2) is 16.2. The number of amides is 3. The first-order chi connectivity index (χ1) is 20.5. The highest BCUT2D eigenvalue weighted by molar-refractivity contribution is 7.48. The van der Waals surface area contributed by atoms with E-state index >= 15 is 0 Å². The van der Waals surface area contributed by atoms with E-state index in [1.807, 2.05) is 24.3 Å². The first-order valence-corrected chi connectivity index (χ1v) is 14.9. The highest BCUT2D eigenvalue weighted by Crippen LogP contribution is 2.49. The van der Waals surface area contributed by atoms with Crippen molar-refractivity contribution in [1.82, 2.24) is 15.2 Å². The van der Waals surface area contributed by atoms with Crippen molar-refractivity contribution in [2.75, 3.05) is 38.8 Å². The van der Waals surface area contributed by atoms with E-state index in [2.05, 4.69) is 15.6 Å². The Hall–Kier alpha value is -3.68. The summed E-state index contributed by atoms with van der Waals surface area (Å²) in [6, 6.07) is 11.0. The maximum Gasteiger partial charge on any atom is 0.474 e. The van der Waals surface area contributed by atoms with E-state index in [1.165, 1.54) is 19.2 Å². The Balaban J connectivity index is 1.66. The highest BCUT2D eigenvalue weighted by atomic mass is 31.2. The van der Waals surface area contributed by atoms with Gasteiger partial charge in [-0.05, 0) is 37.8 Å². The van der Waals surface area contributed by atoms with Gasteiger partial charge in [-0.1, -0.05) is 36.4 Å². The number of carbonyl (C=O) groups is 2. The van der Waals surface area contributed by atoms with Gasteiger partial charge in [0.05, 0.1) is 32.0 Å². The van der Waals surface area contributed by atoms with E-state index in [0.29, 0.717) is 0 Å². The third-order valence-electron chi connectivity index (χ3n) is 6.14. The van der Waals surface area contributed by atoms with Crippen LogP contribution >= 0.6 is 7.82 Å². The summed E-state index contributed by atoms with van der Waals surface area (Å²) in [7, 11) is -2.55. The number of aliphatic hydroxyl groups is 1.